The summed E-state index contributed by atoms with van der Waals surface area (Å²) in [5.74, 6) is 0. The highest BCUT2D eigenvalue weighted by molar-refractivity contribution is 9.11. The summed E-state index contributed by atoms with van der Waals surface area (Å²) in [6.45, 7) is 4.88. The van der Waals surface area contributed by atoms with Crippen molar-refractivity contribution in [2.75, 3.05) is 26.0 Å². The first-order valence-electron chi connectivity index (χ1n) is 6.32. The minimum absolute atomic E-state index is 0.152. The molecule has 3 N–H and O–H groups in total. The summed E-state index contributed by atoms with van der Waals surface area (Å²) in [6, 6.07) is 3.13. The zero-order valence-electron chi connectivity index (χ0n) is 12.2. The predicted octanol–water partition coefficient (Wildman–Crippen LogP) is 3.13. The van der Waals surface area contributed by atoms with Crippen LogP contribution in [-0.4, -0.2) is 28.7 Å². The zero-order valence-corrected chi connectivity index (χ0v) is 16.2. The molecule has 8 heteroatoms. The molecule has 0 aromatic heterocycles. The van der Waals surface area contributed by atoms with E-state index in [9.17, 15) is 8.42 Å². The van der Waals surface area contributed by atoms with Crippen LogP contribution in [0.3, 0.4) is 0 Å². The Morgan fingerprint density at radius 1 is 1.29 bits per heavy atom. The monoisotopic (exact) mass is 442 g/mol. The van der Waals surface area contributed by atoms with Crippen molar-refractivity contribution in [2.45, 2.75) is 25.2 Å². The van der Waals surface area contributed by atoms with Gasteiger partial charge in [0.2, 0.25) is 10.0 Å². The Kier molecular flexibility index (Phi) is 6.67. The summed E-state index contributed by atoms with van der Waals surface area (Å²) in [6.07, 6.45) is 0.760. The lowest BCUT2D eigenvalue weighted by molar-refractivity contribution is 0.153. The van der Waals surface area contributed by atoms with Crippen LogP contribution in [0, 0.1) is 5.41 Å². The number of halogens is 2. The molecule has 5 nitrogen and oxygen atoms in total. The van der Waals surface area contributed by atoms with Crippen LogP contribution >= 0.6 is 31.9 Å². The molecule has 0 aliphatic carbocycles. The van der Waals surface area contributed by atoms with E-state index in [0.29, 0.717) is 27.8 Å². The number of benzene rings is 1. The van der Waals surface area contributed by atoms with Gasteiger partial charge >= 0.3 is 0 Å². The Hall–Kier alpha value is -0.150. The normalized spacial score (nSPS) is 12.6. The van der Waals surface area contributed by atoms with E-state index in [1.165, 1.54) is 0 Å². The SMILES string of the molecule is COCCC(C)(C)CNS(=O)(=O)c1c(Br)cc(N)cc1Br. The van der Waals surface area contributed by atoms with E-state index in [2.05, 4.69) is 36.6 Å². The molecule has 1 rings (SSSR count). The first-order valence-corrected chi connectivity index (χ1v) is 9.39. The second kappa shape index (κ2) is 7.41. The fourth-order valence-electron chi connectivity index (χ4n) is 1.67. The van der Waals surface area contributed by atoms with Crippen LogP contribution < -0.4 is 10.5 Å². The maximum atomic E-state index is 12.5. The molecular weight excluding hydrogens is 424 g/mol. The Morgan fingerprint density at radius 3 is 2.29 bits per heavy atom. The van der Waals surface area contributed by atoms with Crippen molar-refractivity contribution < 1.29 is 13.2 Å². The zero-order chi connectivity index (χ0) is 16.3. The number of rotatable bonds is 7. The van der Waals surface area contributed by atoms with Gasteiger partial charge in [-0.15, -0.1) is 0 Å². The molecule has 21 heavy (non-hydrogen) atoms. The number of nitrogens with two attached hydrogens (primary N) is 1. The highest BCUT2D eigenvalue weighted by atomic mass is 79.9. The minimum Gasteiger partial charge on any atom is -0.399 e. The second-order valence-electron chi connectivity index (χ2n) is 5.55. The minimum atomic E-state index is -3.64. The lowest BCUT2D eigenvalue weighted by Crippen LogP contribution is -2.35. The Morgan fingerprint density at radius 2 is 1.81 bits per heavy atom. The average Bonchev–Trinajstić information content (AvgIpc) is 2.33. The molecule has 0 saturated carbocycles. The first kappa shape index (κ1) is 18.9. The Bertz CT molecular complexity index is 580. The predicted molar refractivity (Wildman–Crippen MR) is 91.7 cm³/mol. The number of hydrogen-bond donors (Lipinski definition) is 2. The van der Waals surface area contributed by atoms with Gasteiger partial charge in [0.25, 0.3) is 0 Å². The third-order valence-corrected chi connectivity index (χ3v) is 6.29. The van der Waals surface area contributed by atoms with Crippen molar-refractivity contribution in [3.63, 3.8) is 0 Å². The fraction of sp³-hybridized carbons (Fsp3) is 0.538. The van der Waals surface area contributed by atoms with Crippen molar-refractivity contribution >= 4 is 47.6 Å². The molecule has 0 saturated heterocycles. The van der Waals surface area contributed by atoms with Gasteiger partial charge in [-0.1, -0.05) is 13.8 Å². The molecule has 0 bridgehead atoms. The van der Waals surface area contributed by atoms with E-state index in [-0.39, 0.29) is 10.3 Å². The van der Waals surface area contributed by atoms with Gasteiger partial charge in [0.05, 0.1) is 0 Å². The van der Waals surface area contributed by atoms with Gasteiger partial charge in [0, 0.05) is 34.9 Å². The van der Waals surface area contributed by atoms with Crippen molar-refractivity contribution in [1.29, 1.82) is 0 Å². The lowest BCUT2D eigenvalue weighted by atomic mass is 9.90. The molecule has 0 spiro atoms. The summed E-state index contributed by atoms with van der Waals surface area (Å²) in [4.78, 5) is 0.152. The Balaban J connectivity index is 2.93. The molecule has 0 heterocycles. The molecule has 0 radical (unpaired) electrons. The number of hydrogen-bond acceptors (Lipinski definition) is 4. The van der Waals surface area contributed by atoms with Crippen LogP contribution in [-0.2, 0) is 14.8 Å². The molecule has 0 unspecified atom stereocenters. The standard InChI is InChI=1S/C13H20Br2N2O3S/c1-13(2,4-5-20-3)8-17-21(18,19)12-10(14)6-9(16)7-11(12)15/h6-7,17H,4-5,8,16H2,1-3H3. The third-order valence-electron chi connectivity index (χ3n) is 3.01. The van der Waals surface area contributed by atoms with Gasteiger partial charge in [-0.3, -0.25) is 0 Å². The highest BCUT2D eigenvalue weighted by Crippen LogP contribution is 2.32. The maximum absolute atomic E-state index is 12.5. The van der Waals surface area contributed by atoms with Gasteiger partial charge in [-0.2, -0.15) is 0 Å². The second-order valence-corrected chi connectivity index (χ2v) is 8.96. The van der Waals surface area contributed by atoms with Crippen LogP contribution in [0.5, 0.6) is 0 Å². The van der Waals surface area contributed by atoms with E-state index < -0.39 is 10.0 Å². The number of anilines is 1. The van der Waals surface area contributed by atoms with Crippen LogP contribution in [0.2, 0.25) is 0 Å². The summed E-state index contributed by atoms with van der Waals surface area (Å²) in [5, 5.41) is 0. The van der Waals surface area contributed by atoms with E-state index in [1.807, 2.05) is 13.8 Å². The van der Waals surface area contributed by atoms with Crippen molar-refractivity contribution in [3.8, 4) is 0 Å². The van der Waals surface area contributed by atoms with Gasteiger partial charge < -0.3 is 10.5 Å². The smallest absolute Gasteiger partial charge is 0.242 e. The molecule has 0 fully saturated rings. The van der Waals surface area contributed by atoms with E-state index in [1.54, 1.807) is 19.2 Å². The van der Waals surface area contributed by atoms with Gasteiger partial charge in [-0.05, 0) is 55.8 Å². The molecule has 120 valence electrons. The van der Waals surface area contributed by atoms with Crippen LogP contribution in [0.1, 0.15) is 20.3 Å². The van der Waals surface area contributed by atoms with E-state index >= 15 is 0 Å². The van der Waals surface area contributed by atoms with Gasteiger partial charge in [0.15, 0.2) is 0 Å². The molecule has 0 amide bonds. The molecular formula is C13H20Br2N2O3S. The summed E-state index contributed by atoms with van der Waals surface area (Å²) < 4.78 is 33.5. The molecule has 0 aliphatic heterocycles. The van der Waals surface area contributed by atoms with E-state index in [0.717, 1.165) is 6.42 Å². The van der Waals surface area contributed by atoms with Crippen molar-refractivity contribution in [2.24, 2.45) is 5.41 Å². The quantitative estimate of drug-likeness (QED) is 0.634. The molecule has 1 aromatic carbocycles. The highest BCUT2D eigenvalue weighted by Gasteiger charge is 2.25. The molecule has 0 atom stereocenters. The van der Waals surface area contributed by atoms with Crippen LogP contribution in [0.15, 0.2) is 26.0 Å². The summed E-state index contributed by atoms with van der Waals surface area (Å²) in [7, 11) is -2.01. The molecule has 0 aliphatic rings. The van der Waals surface area contributed by atoms with Crippen molar-refractivity contribution in [3.05, 3.63) is 21.1 Å². The first-order chi connectivity index (χ1) is 9.59. The summed E-state index contributed by atoms with van der Waals surface area (Å²) >= 11 is 6.49. The number of sulfonamides is 1. The topological polar surface area (TPSA) is 81.4 Å². The lowest BCUT2D eigenvalue weighted by Gasteiger charge is -2.24. The van der Waals surface area contributed by atoms with Gasteiger partial charge in [0.1, 0.15) is 4.90 Å². The number of ether oxygens (including phenoxy) is 1. The Labute approximate surface area is 142 Å². The number of methoxy groups -OCH3 is 1. The van der Waals surface area contributed by atoms with E-state index in [4.69, 9.17) is 10.5 Å². The largest absolute Gasteiger partial charge is 0.399 e. The van der Waals surface area contributed by atoms with Crippen LogP contribution in [0.4, 0.5) is 5.69 Å². The fourth-order valence-corrected chi connectivity index (χ4v) is 5.52. The van der Waals surface area contributed by atoms with Crippen LogP contribution in [0.25, 0.3) is 0 Å². The number of nitrogen functional groups attached to an aromatic ring is 1. The summed E-state index contributed by atoms with van der Waals surface area (Å²) in [5.41, 5.74) is 5.96. The molecule has 1 aromatic rings. The maximum Gasteiger partial charge on any atom is 0.242 e. The van der Waals surface area contributed by atoms with Gasteiger partial charge in [-0.25, -0.2) is 13.1 Å². The van der Waals surface area contributed by atoms with Crippen molar-refractivity contribution in [1.82, 2.24) is 4.72 Å². The average molecular weight is 444 g/mol. The number of nitrogens with one attached hydrogen (secondary N) is 1. The third kappa shape index (κ3) is 5.52.